The van der Waals surface area contributed by atoms with Gasteiger partial charge in [-0.3, -0.25) is 4.79 Å². The molecule has 0 rings (SSSR count). The maximum absolute atomic E-state index is 11.5. The Bertz CT molecular complexity index is 324. The molecule has 0 aromatic carbocycles. The first-order valence-corrected chi connectivity index (χ1v) is 6.63. The zero-order valence-electron chi connectivity index (χ0n) is 10.0. The monoisotopic (exact) mass is 252 g/mol. The van der Waals surface area contributed by atoms with Gasteiger partial charge in [0.1, 0.15) is 0 Å². The van der Waals surface area contributed by atoms with Crippen molar-refractivity contribution >= 4 is 16.2 Å². The number of carboxylic acids is 1. The van der Waals surface area contributed by atoms with E-state index in [2.05, 4.69) is 9.44 Å². The summed E-state index contributed by atoms with van der Waals surface area (Å²) in [5.74, 6) is -1.11. The van der Waals surface area contributed by atoms with Gasteiger partial charge in [-0.15, -0.1) is 0 Å². The van der Waals surface area contributed by atoms with Gasteiger partial charge >= 0.3 is 5.97 Å². The van der Waals surface area contributed by atoms with E-state index >= 15 is 0 Å². The predicted molar refractivity (Wildman–Crippen MR) is 61.2 cm³/mol. The average molecular weight is 252 g/mol. The van der Waals surface area contributed by atoms with Crippen LogP contribution in [0.5, 0.6) is 0 Å². The Morgan fingerprint density at radius 2 is 1.69 bits per heavy atom. The van der Waals surface area contributed by atoms with Crippen molar-refractivity contribution in [2.45, 2.75) is 46.2 Å². The Balaban J connectivity index is 4.56. The van der Waals surface area contributed by atoms with E-state index in [0.717, 1.165) is 0 Å². The van der Waals surface area contributed by atoms with E-state index < -0.39 is 22.2 Å². The highest BCUT2D eigenvalue weighted by atomic mass is 32.2. The molecule has 0 fully saturated rings. The third-order valence-electron chi connectivity index (χ3n) is 1.90. The van der Waals surface area contributed by atoms with Crippen LogP contribution in [0.2, 0.25) is 0 Å². The van der Waals surface area contributed by atoms with Gasteiger partial charge in [0.2, 0.25) is 0 Å². The van der Waals surface area contributed by atoms with Crippen LogP contribution >= 0.6 is 0 Å². The van der Waals surface area contributed by atoms with Crippen molar-refractivity contribution < 1.29 is 18.3 Å². The molecule has 0 aliphatic heterocycles. The lowest BCUT2D eigenvalue weighted by Gasteiger charge is -2.21. The second kappa shape index (κ2) is 6.17. The number of carboxylic acid groups (broad SMARTS) is 1. The van der Waals surface area contributed by atoms with Crippen molar-refractivity contribution in [1.29, 1.82) is 0 Å². The van der Waals surface area contributed by atoms with E-state index in [1.54, 1.807) is 27.7 Å². The first-order chi connectivity index (χ1) is 7.14. The summed E-state index contributed by atoms with van der Waals surface area (Å²) in [4.78, 5) is 10.6. The molecule has 0 amide bonds. The van der Waals surface area contributed by atoms with E-state index in [1.165, 1.54) is 0 Å². The second-order valence-corrected chi connectivity index (χ2v) is 5.82. The minimum atomic E-state index is -3.63. The van der Waals surface area contributed by atoms with E-state index in [0.29, 0.717) is 0 Å². The maximum atomic E-state index is 11.5. The summed E-state index contributed by atoms with van der Waals surface area (Å²) >= 11 is 0. The van der Waals surface area contributed by atoms with Crippen molar-refractivity contribution in [3.8, 4) is 0 Å². The summed E-state index contributed by atoms with van der Waals surface area (Å²) in [7, 11) is -3.63. The highest BCUT2D eigenvalue weighted by Gasteiger charge is 2.23. The standard InChI is InChI=1S/C9H20N2O4S/c1-6(2)8(5-9(12)13)11-16(14,15)10-7(3)4/h6-8,10-11H,5H2,1-4H3,(H,12,13). The van der Waals surface area contributed by atoms with Crippen LogP contribution in [0.4, 0.5) is 0 Å². The fourth-order valence-corrected chi connectivity index (χ4v) is 2.59. The molecular formula is C9H20N2O4S. The van der Waals surface area contributed by atoms with Gasteiger partial charge in [0.25, 0.3) is 10.2 Å². The lowest BCUT2D eigenvalue weighted by Crippen LogP contribution is -2.47. The minimum Gasteiger partial charge on any atom is -0.481 e. The first-order valence-electron chi connectivity index (χ1n) is 5.15. The van der Waals surface area contributed by atoms with Gasteiger partial charge in [0, 0.05) is 12.1 Å². The van der Waals surface area contributed by atoms with Crippen LogP contribution < -0.4 is 9.44 Å². The van der Waals surface area contributed by atoms with E-state index in [-0.39, 0.29) is 18.4 Å². The molecule has 7 heteroatoms. The topological polar surface area (TPSA) is 95.5 Å². The minimum absolute atomic E-state index is 0.0835. The molecule has 0 spiro atoms. The molecule has 0 saturated heterocycles. The van der Waals surface area contributed by atoms with Crippen molar-refractivity contribution in [2.24, 2.45) is 5.92 Å². The second-order valence-electron chi connectivity index (χ2n) is 4.34. The molecule has 0 saturated carbocycles. The lowest BCUT2D eigenvalue weighted by molar-refractivity contribution is -0.137. The molecule has 96 valence electrons. The summed E-state index contributed by atoms with van der Waals surface area (Å²) < 4.78 is 27.7. The van der Waals surface area contributed by atoms with Crippen molar-refractivity contribution in [3.63, 3.8) is 0 Å². The van der Waals surface area contributed by atoms with Crippen LogP contribution in [0.1, 0.15) is 34.1 Å². The van der Waals surface area contributed by atoms with Crippen LogP contribution in [-0.4, -0.2) is 31.6 Å². The van der Waals surface area contributed by atoms with E-state index in [4.69, 9.17) is 5.11 Å². The Morgan fingerprint density at radius 1 is 1.19 bits per heavy atom. The average Bonchev–Trinajstić information content (AvgIpc) is 1.98. The Hall–Kier alpha value is -0.660. The van der Waals surface area contributed by atoms with E-state index in [9.17, 15) is 13.2 Å². The fraction of sp³-hybridized carbons (Fsp3) is 0.889. The molecule has 6 nitrogen and oxygen atoms in total. The van der Waals surface area contributed by atoms with Gasteiger partial charge in [-0.2, -0.15) is 17.9 Å². The molecule has 1 atom stereocenters. The smallest absolute Gasteiger partial charge is 0.304 e. The molecule has 16 heavy (non-hydrogen) atoms. The normalized spacial score (nSPS) is 14.4. The third-order valence-corrected chi connectivity index (χ3v) is 3.29. The molecule has 1 unspecified atom stereocenters. The van der Waals surface area contributed by atoms with Crippen LogP contribution in [-0.2, 0) is 15.0 Å². The molecule has 0 radical (unpaired) electrons. The number of aliphatic carboxylic acids is 1. The SMILES string of the molecule is CC(C)NS(=O)(=O)NC(CC(=O)O)C(C)C. The Morgan fingerprint density at radius 3 is 2.00 bits per heavy atom. The molecule has 0 bridgehead atoms. The van der Waals surface area contributed by atoms with Gasteiger partial charge in [-0.25, -0.2) is 0 Å². The number of carbonyl (C=O) groups is 1. The number of hydrogen-bond donors (Lipinski definition) is 3. The maximum Gasteiger partial charge on any atom is 0.304 e. The van der Waals surface area contributed by atoms with Gasteiger partial charge in [0.05, 0.1) is 6.42 Å². The predicted octanol–water partition coefficient (Wildman–Crippen LogP) is 0.318. The lowest BCUT2D eigenvalue weighted by atomic mass is 10.0. The molecule has 0 aromatic heterocycles. The highest BCUT2D eigenvalue weighted by Crippen LogP contribution is 2.07. The summed E-state index contributed by atoms with van der Waals surface area (Å²) in [6.07, 6.45) is -0.226. The van der Waals surface area contributed by atoms with Gasteiger partial charge in [-0.1, -0.05) is 13.8 Å². The largest absolute Gasteiger partial charge is 0.481 e. The van der Waals surface area contributed by atoms with Crippen molar-refractivity contribution in [3.05, 3.63) is 0 Å². The summed E-state index contributed by atoms with van der Waals surface area (Å²) in [6.45, 7) is 6.93. The number of nitrogens with one attached hydrogen (secondary N) is 2. The molecule has 0 aromatic rings. The summed E-state index contributed by atoms with van der Waals surface area (Å²) in [6, 6.07) is -0.830. The summed E-state index contributed by atoms with van der Waals surface area (Å²) in [5, 5.41) is 8.66. The van der Waals surface area contributed by atoms with Gasteiger partial charge in [-0.05, 0) is 19.8 Å². The molecule has 3 N–H and O–H groups in total. The summed E-state index contributed by atoms with van der Waals surface area (Å²) in [5.41, 5.74) is 0. The molecule has 0 aliphatic carbocycles. The number of rotatable bonds is 7. The Kier molecular flexibility index (Phi) is 5.91. The van der Waals surface area contributed by atoms with E-state index in [1.807, 2.05) is 0 Å². The van der Waals surface area contributed by atoms with Crippen molar-refractivity contribution in [1.82, 2.24) is 9.44 Å². The van der Waals surface area contributed by atoms with Crippen LogP contribution in [0.25, 0.3) is 0 Å². The Labute approximate surface area is 96.6 Å². The number of hydrogen-bond acceptors (Lipinski definition) is 3. The van der Waals surface area contributed by atoms with Gasteiger partial charge in [0.15, 0.2) is 0 Å². The zero-order valence-corrected chi connectivity index (χ0v) is 10.8. The zero-order chi connectivity index (χ0) is 12.9. The molecule has 0 aliphatic rings. The highest BCUT2D eigenvalue weighted by molar-refractivity contribution is 7.87. The van der Waals surface area contributed by atoms with Gasteiger partial charge < -0.3 is 5.11 Å². The van der Waals surface area contributed by atoms with Crippen LogP contribution in [0, 0.1) is 5.92 Å². The third kappa shape index (κ3) is 6.76. The fourth-order valence-electron chi connectivity index (χ4n) is 1.15. The van der Waals surface area contributed by atoms with Crippen LogP contribution in [0.3, 0.4) is 0 Å². The first kappa shape index (κ1) is 15.3. The quantitative estimate of drug-likeness (QED) is 0.608. The molecular weight excluding hydrogens is 232 g/mol. The van der Waals surface area contributed by atoms with Crippen LogP contribution in [0.15, 0.2) is 0 Å². The van der Waals surface area contributed by atoms with Crippen molar-refractivity contribution in [2.75, 3.05) is 0 Å². The molecule has 0 heterocycles.